The molecule has 174 valence electrons. The summed E-state index contributed by atoms with van der Waals surface area (Å²) in [7, 11) is 0. The highest BCUT2D eigenvalue weighted by molar-refractivity contribution is 7.99. The van der Waals surface area contributed by atoms with Crippen molar-refractivity contribution in [2.75, 3.05) is 25.4 Å². The Balaban J connectivity index is 1.62. The summed E-state index contributed by atoms with van der Waals surface area (Å²) in [5.41, 5.74) is 1.64. The summed E-state index contributed by atoms with van der Waals surface area (Å²) in [6, 6.07) is 15.2. The van der Waals surface area contributed by atoms with E-state index in [1.807, 2.05) is 78.8 Å². The fourth-order valence-electron chi connectivity index (χ4n) is 3.87. The number of halogens is 1. The number of carbonyl (C=O) groups excluding carboxylic acids is 1. The molecule has 2 aromatic carbocycles. The molecule has 2 atom stereocenters. The summed E-state index contributed by atoms with van der Waals surface area (Å²) in [4.78, 5) is 14.8. The second-order valence-electron chi connectivity index (χ2n) is 7.89. The maximum absolute atomic E-state index is 12.9. The second-order valence-corrected chi connectivity index (χ2v) is 9.24. The summed E-state index contributed by atoms with van der Waals surface area (Å²) in [6.07, 6.45) is 0.0593. The Morgan fingerprint density at radius 3 is 2.48 bits per heavy atom. The first-order chi connectivity index (χ1) is 16.0. The van der Waals surface area contributed by atoms with Crippen LogP contribution in [0.15, 0.2) is 53.7 Å². The maximum Gasteiger partial charge on any atom is 0.233 e. The van der Waals surface area contributed by atoms with Gasteiger partial charge in [0.15, 0.2) is 11.0 Å². The van der Waals surface area contributed by atoms with Gasteiger partial charge in [0.2, 0.25) is 5.91 Å². The molecule has 33 heavy (non-hydrogen) atoms. The first kappa shape index (κ1) is 23.6. The fourth-order valence-corrected chi connectivity index (χ4v) is 4.95. The summed E-state index contributed by atoms with van der Waals surface area (Å²) in [5.74, 6) is 1.72. The van der Waals surface area contributed by atoms with Crippen molar-refractivity contribution in [3.05, 3.63) is 53.6 Å². The molecular weight excluding hydrogens is 460 g/mol. The number of nitrogens with zero attached hydrogens (tertiary/aromatic N) is 4. The van der Waals surface area contributed by atoms with Gasteiger partial charge in [-0.1, -0.05) is 35.5 Å². The zero-order chi connectivity index (χ0) is 23.4. The standard InChI is InChI=1S/C24H27ClN4O3S/c1-4-31-19-11-9-18(10-12-19)29-23(20-7-5-6-8-21(20)25)26-27-24(29)33-15-22(30)28-13-16(2)32-17(3)14-28/h5-12,16-17H,4,13-15H2,1-3H3. The molecule has 1 amide bonds. The first-order valence-corrected chi connectivity index (χ1v) is 12.3. The van der Waals surface area contributed by atoms with Crippen molar-refractivity contribution in [3.63, 3.8) is 0 Å². The molecular formula is C24H27ClN4O3S. The fraction of sp³-hybridized carbons (Fsp3) is 0.375. The highest BCUT2D eigenvalue weighted by atomic mass is 35.5. The number of hydrogen-bond acceptors (Lipinski definition) is 6. The minimum atomic E-state index is 0.0297. The lowest BCUT2D eigenvalue weighted by atomic mass is 10.2. The van der Waals surface area contributed by atoms with Gasteiger partial charge in [-0.3, -0.25) is 9.36 Å². The number of benzene rings is 2. The molecule has 9 heteroatoms. The van der Waals surface area contributed by atoms with Gasteiger partial charge in [-0.25, -0.2) is 0 Å². The van der Waals surface area contributed by atoms with Gasteiger partial charge in [0, 0.05) is 24.3 Å². The molecule has 2 unspecified atom stereocenters. The molecule has 0 aliphatic carbocycles. The van der Waals surface area contributed by atoms with Crippen molar-refractivity contribution >= 4 is 29.3 Å². The Kier molecular flexibility index (Phi) is 7.57. The Labute approximate surface area is 203 Å². The third-order valence-electron chi connectivity index (χ3n) is 5.25. The van der Waals surface area contributed by atoms with Gasteiger partial charge in [0.05, 0.1) is 29.6 Å². The minimum Gasteiger partial charge on any atom is -0.494 e. The van der Waals surface area contributed by atoms with E-state index in [0.29, 0.717) is 35.7 Å². The van der Waals surface area contributed by atoms with E-state index in [1.165, 1.54) is 11.8 Å². The number of amides is 1. The lowest BCUT2D eigenvalue weighted by molar-refractivity contribution is -0.140. The number of thioether (sulfide) groups is 1. The molecule has 0 saturated carbocycles. The molecule has 0 spiro atoms. The molecule has 0 N–H and O–H groups in total. The molecule has 2 heterocycles. The van der Waals surface area contributed by atoms with Crippen LogP contribution >= 0.6 is 23.4 Å². The predicted molar refractivity (Wildman–Crippen MR) is 130 cm³/mol. The lowest BCUT2D eigenvalue weighted by Gasteiger charge is -2.35. The number of aromatic nitrogens is 3. The molecule has 1 aliphatic rings. The lowest BCUT2D eigenvalue weighted by Crippen LogP contribution is -2.48. The van der Waals surface area contributed by atoms with Crippen LogP contribution in [-0.4, -0.2) is 63.2 Å². The van der Waals surface area contributed by atoms with Crippen LogP contribution in [0.1, 0.15) is 20.8 Å². The largest absolute Gasteiger partial charge is 0.494 e. The van der Waals surface area contributed by atoms with Gasteiger partial charge in [0.1, 0.15) is 5.75 Å². The van der Waals surface area contributed by atoms with E-state index >= 15 is 0 Å². The zero-order valence-electron chi connectivity index (χ0n) is 18.9. The first-order valence-electron chi connectivity index (χ1n) is 11.0. The van der Waals surface area contributed by atoms with Crippen LogP contribution in [0, 0.1) is 0 Å². The average molecular weight is 487 g/mol. The highest BCUT2D eigenvalue weighted by Gasteiger charge is 2.26. The smallest absolute Gasteiger partial charge is 0.233 e. The van der Waals surface area contributed by atoms with E-state index in [4.69, 9.17) is 21.1 Å². The zero-order valence-corrected chi connectivity index (χ0v) is 20.5. The maximum atomic E-state index is 12.9. The van der Waals surface area contributed by atoms with E-state index in [-0.39, 0.29) is 23.9 Å². The van der Waals surface area contributed by atoms with Gasteiger partial charge in [-0.2, -0.15) is 0 Å². The molecule has 7 nitrogen and oxygen atoms in total. The molecule has 4 rings (SSSR count). The van der Waals surface area contributed by atoms with E-state index in [9.17, 15) is 4.79 Å². The summed E-state index contributed by atoms with van der Waals surface area (Å²) in [5, 5.41) is 10.0. The highest BCUT2D eigenvalue weighted by Crippen LogP contribution is 2.32. The summed E-state index contributed by atoms with van der Waals surface area (Å²) >= 11 is 7.83. The number of hydrogen-bond donors (Lipinski definition) is 0. The van der Waals surface area contributed by atoms with Gasteiger partial charge in [-0.05, 0) is 57.2 Å². The molecule has 1 fully saturated rings. The second kappa shape index (κ2) is 10.6. The van der Waals surface area contributed by atoms with Crippen molar-refractivity contribution < 1.29 is 14.3 Å². The molecule has 0 bridgehead atoms. The van der Waals surface area contributed by atoms with Crippen LogP contribution in [0.3, 0.4) is 0 Å². The van der Waals surface area contributed by atoms with Gasteiger partial charge in [-0.15, -0.1) is 10.2 Å². The average Bonchev–Trinajstić information content (AvgIpc) is 3.21. The summed E-state index contributed by atoms with van der Waals surface area (Å²) in [6.45, 7) is 7.72. The van der Waals surface area contributed by atoms with Gasteiger partial charge >= 0.3 is 0 Å². The van der Waals surface area contributed by atoms with Crippen LogP contribution in [-0.2, 0) is 9.53 Å². The third kappa shape index (κ3) is 5.51. The van der Waals surface area contributed by atoms with Crippen molar-refractivity contribution in [1.82, 2.24) is 19.7 Å². The third-order valence-corrected chi connectivity index (χ3v) is 6.49. The number of carbonyl (C=O) groups is 1. The predicted octanol–water partition coefficient (Wildman–Crippen LogP) is 4.71. The van der Waals surface area contributed by atoms with Gasteiger partial charge in [0.25, 0.3) is 0 Å². The Morgan fingerprint density at radius 1 is 1.12 bits per heavy atom. The van der Waals surface area contributed by atoms with Crippen LogP contribution < -0.4 is 4.74 Å². The van der Waals surface area contributed by atoms with E-state index in [2.05, 4.69) is 10.2 Å². The molecule has 1 saturated heterocycles. The van der Waals surface area contributed by atoms with Crippen LogP contribution in [0.25, 0.3) is 17.1 Å². The van der Waals surface area contributed by atoms with E-state index in [1.54, 1.807) is 0 Å². The molecule has 3 aromatic rings. The topological polar surface area (TPSA) is 69.5 Å². The molecule has 1 aliphatic heterocycles. The van der Waals surface area contributed by atoms with Crippen molar-refractivity contribution in [3.8, 4) is 22.8 Å². The van der Waals surface area contributed by atoms with Crippen LogP contribution in [0.5, 0.6) is 5.75 Å². The number of morpholine rings is 1. The van der Waals surface area contributed by atoms with E-state index in [0.717, 1.165) is 17.0 Å². The normalized spacial score (nSPS) is 18.4. The Morgan fingerprint density at radius 2 is 1.82 bits per heavy atom. The van der Waals surface area contributed by atoms with Crippen LogP contribution in [0.2, 0.25) is 5.02 Å². The van der Waals surface area contributed by atoms with E-state index < -0.39 is 0 Å². The summed E-state index contributed by atoms with van der Waals surface area (Å²) < 4.78 is 13.3. The van der Waals surface area contributed by atoms with Crippen molar-refractivity contribution in [1.29, 1.82) is 0 Å². The molecule has 0 radical (unpaired) electrons. The van der Waals surface area contributed by atoms with Crippen molar-refractivity contribution in [2.24, 2.45) is 0 Å². The quantitative estimate of drug-likeness (QED) is 0.450. The number of ether oxygens (including phenoxy) is 2. The Bertz CT molecular complexity index is 1100. The number of rotatable bonds is 7. The van der Waals surface area contributed by atoms with Gasteiger partial charge < -0.3 is 14.4 Å². The monoisotopic (exact) mass is 486 g/mol. The minimum absolute atomic E-state index is 0.0297. The van der Waals surface area contributed by atoms with Crippen molar-refractivity contribution in [2.45, 2.75) is 38.1 Å². The Hall–Kier alpha value is -2.55. The SMILES string of the molecule is CCOc1ccc(-n2c(SCC(=O)N3CC(C)OC(C)C3)nnc2-c2ccccc2Cl)cc1. The van der Waals surface area contributed by atoms with Crippen LogP contribution in [0.4, 0.5) is 0 Å². The molecule has 1 aromatic heterocycles.